The van der Waals surface area contributed by atoms with E-state index in [1.165, 1.54) is 16.8 Å². The predicted octanol–water partition coefficient (Wildman–Crippen LogP) is 2.94. The van der Waals surface area contributed by atoms with Crippen LogP contribution >= 0.6 is 0 Å². The molecule has 1 amide bonds. The van der Waals surface area contributed by atoms with Crippen LogP contribution in [0.4, 0.5) is 10.1 Å². The number of fused-ring (bicyclic) bond motifs is 1. The van der Waals surface area contributed by atoms with Crippen LogP contribution < -0.4 is 10.7 Å². The molecule has 6 heteroatoms. The zero-order chi connectivity index (χ0) is 17.4. The zero-order valence-corrected chi connectivity index (χ0v) is 13.6. The lowest BCUT2D eigenvalue weighted by atomic mass is 10.1. The first kappa shape index (κ1) is 15.9. The number of hydrogen-bond acceptors (Lipinski definition) is 3. The van der Waals surface area contributed by atoms with Crippen molar-refractivity contribution >= 4 is 22.5 Å². The fourth-order valence-electron chi connectivity index (χ4n) is 2.73. The van der Waals surface area contributed by atoms with Crippen LogP contribution in [0.5, 0.6) is 0 Å². The second kappa shape index (κ2) is 5.88. The summed E-state index contributed by atoms with van der Waals surface area (Å²) in [6, 6.07) is 9.41. The van der Waals surface area contributed by atoms with Crippen molar-refractivity contribution in [2.75, 3.05) is 5.32 Å². The monoisotopic (exact) mass is 325 g/mol. The quantitative estimate of drug-likeness (QED) is 0.788. The highest BCUT2D eigenvalue weighted by Crippen LogP contribution is 2.15. The molecule has 1 aromatic heterocycles. The van der Waals surface area contributed by atoms with Gasteiger partial charge in [-0.05, 0) is 55.3 Å². The van der Waals surface area contributed by atoms with E-state index in [1.807, 2.05) is 19.9 Å². The minimum Gasteiger partial charge on any atom is -0.320 e. The molecule has 1 N–H and O–H groups in total. The molecule has 2 aromatic carbocycles. The highest BCUT2D eigenvalue weighted by Gasteiger charge is 2.17. The van der Waals surface area contributed by atoms with E-state index < -0.39 is 17.2 Å². The molecule has 0 saturated carbocycles. The van der Waals surface area contributed by atoms with Crippen molar-refractivity contribution in [2.24, 2.45) is 7.05 Å². The van der Waals surface area contributed by atoms with Gasteiger partial charge in [0.2, 0.25) is 5.43 Å². The van der Waals surface area contributed by atoms with E-state index in [0.717, 1.165) is 17.2 Å². The fourth-order valence-corrected chi connectivity index (χ4v) is 2.73. The molecular weight excluding hydrogens is 309 g/mol. The summed E-state index contributed by atoms with van der Waals surface area (Å²) >= 11 is 0. The Morgan fingerprint density at radius 2 is 1.79 bits per heavy atom. The number of nitrogens with zero attached hydrogens (tertiary/aromatic N) is 2. The average Bonchev–Trinajstić information content (AvgIpc) is 2.49. The minimum atomic E-state index is -0.619. The Balaban J connectivity index is 2.07. The Labute approximate surface area is 137 Å². The van der Waals surface area contributed by atoms with E-state index in [9.17, 15) is 14.0 Å². The van der Waals surface area contributed by atoms with Crippen molar-refractivity contribution in [3.05, 3.63) is 69.3 Å². The summed E-state index contributed by atoms with van der Waals surface area (Å²) in [6.07, 6.45) is 0. The van der Waals surface area contributed by atoms with Crippen LogP contribution in [-0.4, -0.2) is 15.7 Å². The van der Waals surface area contributed by atoms with E-state index in [4.69, 9.17) is 0 Å². The van der Waals surface area contributed by atoms with Gasteiger partial charge in [0.05, 0.1) is 10.9 Å². The Kier molecular flexibility index (Phi) is 3.89. The van der Waals surface area contributed by atoms with Crippen LogP contribution in [0.1, 0.15) is 21.6 Å². The number of carbonyl (C=O) groups excluding carboxylic acids is 1. The Bertz CT molecular complexity index is 1000. The number of rotatable bonds is 2. The van der Waals surface area contributed by atoms with Crippen molar-refractivity contribution in [1.82, 2.24) is 9.78 Å². The van der Waals surface area contributed by atoms with Crippen molar-refractivity contribution < 1.29 is 9.18 Å². The lowest BCUT2D eigenvalue weighted by molar-refractivity contribution is 0.101. The van der Waals surface area contributed by atoms with Gasteiger partial charge in [-0.25, -0.2) is 4.39 Å². The van der Waals surface area contributed by atoms with Gasteiger partial charge in [-0.3, -0.25) is 14.3 Å². The zero-order valence-electron chi connectivity index (χ0n) is 13.6. The third-order valence-electron chi connectivity index (χ3n) is 3.71. The molecule has 3 aromatic rings. The molecule has 24 heavy (non-hydrogen) atoms. The van der Waals surface area contributed by atoms with Gasteiger partial charge >= 0.3 is 0 Å². The van der Waals surface area contributed by atoms with Crippen molar-refractivity contribution in [2.45, 2.75) is 13.8 Å². The molecule has 0 aliphatic rings. The Morgan fingerprint density at radius 3 is 2.46 bits per heavy atom. The highest BCUT2D eigenvalue weighted by molar-refractivity contribution is 6.04. The number of anilines is 1. The SMILES string of the molecule is Cc1cc(C)cc(NC(=O)c2nn(C)c3ccc(F)cc3c2=O)c1. The number of amides is 1. The smallest absolute Gasteiger partial charge is 0.280 e. The maximum absolute atomic E-state index is 13.4. The summed E-state index contributed by atoms with van der Waals surface area (Å²) in [5.41, 5.74) is 2.17. The molecule has 0 aliphatic heterocycles. The number of halogens is 1. The summed E-state index contributed by atoms with van der Waals surface area (Å²) in [5, 5.41) is 6.84. The molecule has 0 saturated heterocycles. The number of carbonyl (C=O) groups is 1. The molecule has 3 rings (SSSR count). The molecule has 0 radical (unpaired) electrons. The summed E-state index contributed by atoms with van der Waals surface area (Å²) in [5.74, 6) is -1.15. The summed E-state index contributed by atoms with van der Waals surface area (Å²) in [7, 11) is 1.60. The van der Waals surface area contributed by atoms with Crippen LogP contribution in [0.15, 0.2) is 41.2 Å². The van der Waals surface area contributed by atoms with Gasteiger partial charge in [0.1, 0.15) is 5.82 Å². The normalized spacial score (nSPS) is 10.8. The topological polar surface area (TPSA) is 64.0 Å². The number of benzene rings is 2. The number of aryl methyl sites for hydroxylation is 3. The van der Waals surface area contributed by atoms with Crippen LogP contribution in [0.2, 0.25) is 0 Å². The fraction of sp³-hybridized carbons (Fsp3) is 0.167. The summed E-state index contributed by atoms with van der Waals surface area (Å²) in [4.78, 5) is 25.0. The first-order valence-corrected chi connectivity index (χ1v) is 7.41. The lowest BCUT2D eigenvalue weighted by Gasteiger charge is -2.09. The van der Waals surface area contributed by atoms with Crippen molar-refractivity contribution in [1.29, 1.82) is 0 Å². The van der Waals surface area contributed by atoms with Crippen LogP contribution in [0.3, 0.4) is 0 Å². The number of nitrogens with one attached hydrogen (secondary N) is 1. The molecule has 1 heterocycles. The van der Waals surface area contributed by atoms with Gasteiger partial charge in [-0.15, -0.1) is 0 Å². The molecule has 0 aliphatic carbocycles. The van der Waals surface area contributed by atoms with E-state index >= 15 is 0 Å². The van der Waals surface area contributed by atoms with E-state index in [-0.39, 0.29) is 11.1 Å². The first-order valence-electron chi connectivity index (χ1n) is 7.41. The molecule has 0 unspecified atom stereocenters. The van der Waals surface area contributed by atoms with Crippen LogP contribution in [0.25, 0.3) is 10.9 Å². The third kappa shape index (κ3) is 2.90. The van der Waals surface area contributed by atoms with E-state index in [0.29, 0.717) is 11.2 Å². The van der Waals surface area contributed by atoms with Gasteiger partial charge in [0, 0.05) is 12.7 Å². The number of hydrogen-bond donors (Lipinski definition) is 1. The summed E-state index contributed by atoms with van der Waals surface area (Å²) in [6.45, 7) is 3.83. The Hall–Kier alpha value is -3.02. The molecule has 0 fully saturated rings. The minimum absolute atomic E-state index is 0.123. The van der Waals surface area contributed by atoms with E-state index in [2.05, 4.69) is 10.4 Å². The maximum Gasteiger partial charge on any atom is 0.280 e. The largest absolute Gasteiger partial charge is 0.320 e. The van der Waals surface area contributed by atoms with Crippen molar-refractivity contribution in [3.63, 3.8) is 0 Å². The van der Waals surface area contributed by atoms with Gasteiger partial charge < -0.3 is 5.32 Å². The molecule has 0 bridgehead atoms. The number of aromatic nitrogens is 2. The molecule has 0 spiro atoms. The molecule has 0 atom stereocenters. The third-order valence-corrected chi connectivity index (χ3v) is 3.71. The van der Waals surface area contributed by atoms with E-state index in [1.54, 1.807) is 19.2 Å². The molecule has 122 valence electrons. The van der Waals surface area contributed by atoms with Crippen LogP contribution in [-0.2, 0) is 7.05 Å². The second-order valence-corrected chi connectivity index (χ2v) is 5.79. The first-order chi connectivity index (χ1) is 11.3. The van der Waals surface area contributed by atoms with Gasteiger partial charge in [0.25, 0.3) is 5.91 Å². The second-order valence-electron chi connectivity index (χ2n) is 5.79. The molecular formula is C18H16FN3O2. The highest BCUT2D eigenvalue weighted by atomic mass is 19.1. The predicted molar refractivity (Wildman–Crippen MR) is 90.8 cm³/mol. The van der Waals surface area contributed by atoms with Crippen molar-refractivity contribution in [3.8, 4) is 0 Å². The van der Waals surface area contributed by atoms with Gasteiger partial charge in [-0.2, -0.15) is 5.10 Å². The van der Waals surface area contributed by atoms with Crippen LogP contribution in [0, 0.1) is 19.7 Å². The lowest BCUT2D eigenvalue weighted by Crippen LogP contribution is -2.26. The maximum atomic E-state index is 13.4. The average molecular weight is 325 g/mol. The summed E-state index contributed by atoms with van der Waals surface area (Å²) < 4.78 is 14.8. The van der Waals surface area contributed by atoms with Gasteiger partial charge in [-0.1, -0.05) is 6.07 Å². The Morgan fingerprint density at radius 1 is 1.12 bits per heavy atom. The standard InChI is InChI=1S/C18H16FN3O2/c1-10-6-11(2)8-13(7-10)20-18(24)16-17(23)14-9-12(19)4-5-15(14)22(3)21-16/h4-9H,1-3H3,(H,20,24). The van der Waals surface area contributed by atoms with Gasteiger partial charge in [0.15, 0.2) is 5.69 Å². The molecule has 5 nitrogen and oxygen atoms in total.